The van der Waals surface area contributed by atoms with Gasteiger partial charge in [0, 0.05) is 11.6 Å². The molecule has 108 valence electrons. The van der Waals surface area contributed by atoms with Crippen LogP contribution < -0.4 is 10.1 Å². The number of amides is 1. The van der Waals surface area contributed by atoms with Gasteiger partial charge in [-0.25, -0.2) is 4.39 Å². The van der Waals surface area contributed by atoms with Gasteiger partial charge in [-0.15, -0.1) is 0 Å². The first-order valence-corrected chi connectivity index (χ1v) is 6.47. The summed E-state index contributed by atoms with van der Waals surface area (Å²) in [6, 6.07) is 4.10. The van der Waals surface area contributed by atoms with Gasteiger partial charge in [0.1, 0.15) is 11.6 Å². The highest BCUT2D eigenvalue weighted by atomic mass is 19.1. The van der Waals surface area contributed by atoms with Crippen molar-refractivity contribution in [1.82, 2.24) is 5.32 Å². The third-order valence-electron chi connectivity index (χ3n) is 3.08. The highest BCUT2D eigenvalue weighted by Gasteiger charge is 2.26. The van der Waals surface area contributed by atoms with E-state index in [4.69, 9.17) is 9.94 Å². The van der Waals surface area contributed by atoms with Gasteiger partial charge < -0.3 is 15.3 Å². The van der Waals surface area contributed by atoms with Crippen molar-refractivity contribution in [2.24, 2.45) is 5.16 Å². The van der Waals surface area contributed by atoms with E-state index in [9.17, 15) is 9.18 Å². The summed E-state index contributed by atoms with van der Waals surface area (Å²) in [6.07, 6.45) is 1.29. The first-order valence-electron chi connectivity index (χ1n) is 6.47. The lowest BCUT2D eigenvalue weighted by Gasteiger charge is -2.17. The maximum absolute atomic E-state index is 13.2. The summed E-state index contributed by atoms with van der Waals surface area (Å²) in [5.41, 5.74) is 0.535. The Balaban J connectivity index is 2.13. The fourth-order valence-electron chi connectivity index (χ4n) is 1.73. The van der Waals surface area contributed by atoms with Crippen LogP contribution in [0.15, 0.2) is 23.4 Å². The number of carbonyl (C=O) groups excluding carboxylic acids is 1. The topological polar surface area (TPSA) is 70.9 Å². The van der Waals surface area contributed by atoms with Gasteiger partial charge >= 0.3 is 0 Å². The molecule has 1 aromatic carbocycles. The van der Waals surface area contributed by atoms with E-state index in [0.29, 0.717) is 11.3 Å². The Morgan fingerprint density at radius 2 is 2.25 bits per heavy atom. The summed E-state index contributed by atoms with van der Waals surface area (Å²) in [5.74, 6) is -0.369. The predicted octanol–water partition coefficient (Wildman–Crippen LogP) is 2.07. The molecule has 2 rings (SSSR count). The molecule has 0 aliphatic heterocycles. The monoisotopic (exact) mass is 280 g/mol. The highest BCUT2D eigenvalue weighted by Crippen LogP contribution is 2.23. The van der Waals surface area contributed by atoms with Gasteiger partial charge in [-0.2, -0.15) is 0 Å². The van der Waals surface area contributed by atoms with Crippen molar-refractivity contribution in [3.05, 3.63) is 29.6 Å². The molecule has 0 heterocycles. The van der Waals surface area contributed by atoms with E-state index in [1.54, 1.807) is 6.92 Å². The number of halogens is 1. The summed E-state index contributed by atoms with van der Waals surface area (Å²) in [7, 11) is 0. The molecule has 5 nitrogen and oxygen atoms in total. The number of ether oxygens (including phenoxy) is 1. The van der Waals surface area contributed by atoms with Crippen LogP contribution in [0.25, 0.3) is 0 Å². The molecule has 0 aromatic heterocycles. The van der Waals surface area contributed by atoms with Crippen LogP contribution in [-0.4, -0.2) is 29.0 Å². The summed E-state index contributed by atoms with van der Waals surface area (Å²) in [5, 5.41) is 14.7. The molecule has 0 saturated heterocycles. The van der Waals surface area contributed by atoms with Crippen LogP contribution in [0.1, 0.15) is 32.3 Å². The lowest BCUT2D eigenvalue weighted by atomic mass is 10.1. The fourth-order valence-corrected chi connectivity index (χ4v) is 1.73. The van der Waals surface area contributed by atoms with Gasteiger partial charge in [0.2, 0.25) is 0 Å². The van der Waals surface area contributed by atoms with Crippen LogP contribution in [0.2, 0.25) is 0 Å². The van der Waals surface area contributed by atoms with E-state index in [-0.39, 0.29) is 17.7 Å². The largest absolute Gasteiger partial charge is 0.480 e. The van der Waals surface area contributed by atoms with Crippen LogP contribution in [0, 0.1) is 5.82 Å². The molecular formula is C14H17FN2O3. The minimum absolute atomic E-state index is 0.207. The van der Waals surface area contributed by atoms with Crippen molar-refractivity contribution in [3.63, 3.8) is 0 Å². The number of nitrogens with zero attached hydrogens (tertiary/aromatic N) is 1. The molecular weight excluding hydrogens is 263 g/mol. The predicted molar refractivity (Wildman–Crippen MR) is 71.7 cm³/mol. The normalized spacial score (nSPS) is 16.6. The van der Waals surface area contributed by atoms with Gasteiger partial charge in [0.15, 0.2) is 6.10 Å². The maximum Gasteiger partial charge on any atom is 0.260 e. The number of carbonyl (C=O) groups is 1. The minimum Gasteiger partial charge on any atom is -0.480 e. The Labute approximate surface area is 116 Å². The van der Waals surface area contributed by atoms with Crippen molar-refractivity contribution in [1.29, 1.82) is 0 Å². The Morgan fingerprint density at radius 3 is 2.85 bits per heavy atom. The van der Waals surface area contributed by atoms with E-state index in [1.165, 1.54) is 25.1 Å². The maximum atomic E-state index is 13.2. The first-order chi connectivity index (χ1) is 9.51. The zero-order valence-electron chi connectivity index (χ0n) is 11.4. The summed E-state index contributed by atoms with van der Waals surface area (Å²) >= 11 is 0. The zero-order chi connectivity index (χ0) is 14.7. The SMILES string of the molecule is C/C(=N\O)c1cc(F)ccc1OC(C)C(=O)NC1CC1. The smallest absolute Gasteiger partial charge is 0.260 e. The molecule has 1 aliphatic carbocycles. The second-order valence-corrected chi connectivity index (χ2v) is 4.87. The molecule has 0 bridgehead atoms. The molecule has 20 heavy (non-hydrogen) atoms. The van der Waals surface area contributed by atoms with Gasteiger partial charge in [-0.05, 0) is 44.9 Å². The second kappa shape index (κ2) is 5.90. The van der Waals surface area contributed by atoms with Gasteiger partial charge in [0.25, 0.3) is 5.91 Å². The number of hydrogen-bond donors (Lipinski definition) is 2. The molecule has 1 aliphatic rings. The molecule has 1 aromatic rings. The molecule has 1 unspecified atom stereocenters. The van der Waals surface area contributed by atoms with Crippen LogP contribution in [-0.2, 0) is 4.79 Å². The van der Waals surface area contributed by atoms with E-state index >= 15 is 0 Å². The summed E-state index contributed by atoms with van der Waals surface area (Å²) < 4.78 is 18.8. The van der Waals surface area contributed by atoms with E-state index in [1.807, 2.05) is 0 Å². The summed E-state index contributed by atoms with van der Waals surface area (Å²) in [6.45, 7) is 3.15. The zero-order valence-corrected chi connectivity index (χ0v) is 11.4. The van der Waals surface area contributed by atoms with Gasteiger partial charge in [0.05, 0.1) is 5.71 Å². The number of rotatable bonds is 5. The lowest BCUT2D eigenvalue weighted by molar-refractivity contribution is -0.127. The fraction of sp³-hybridized carbons (Fsp3) is 0.429. The van der Waals surface area contributed by atoms with Crippen molar-refractivity contribution >= 4 is 11.6 Å². The lowest BCUT2D eigenvalue weighted by Crippen LogP contribution is -2.37. The molecule has 1 saturated carbocycles. The number of oxime groups is 1. The van der Waals surface area contributed by atoms with Crippen molar-refractivity contribution < 1.29 is 19.1 Å². The van der Waals surface area contributed by atoms with E-state index in [2.05, 4.69) is 10.5 Å². The minimum atomic E-state index is -0.702. The first kappa shape index (κ1) is 14.3. The molecule has 6 heteroatoms. The standard InChI is InChI=1S/C14H17FN2O3/c1-8(17-19)12-7-10(15)3-6-13(12)20-9(2)14(18)16-11-4-5-11/h3,6-7,9,11,19H,4-5H2,1-2H3,(H,16,18)/b17-8+. The number of hydrogen-bond acceptors (Lipinski definition) is 4. The summed E-state index contributed by atoms with van der Waals surface area (Å²) in [4.78, 5) is 11.8. The van der Waals surface area contributed by atoms with Crippen LogP contribution in [0.3, 0.4) is 0 Å². The molecule has 1 fully saturated rings. The van der Waals surface area contributed by atoms with Crippen LogP contribution in [0.4, 0.5) is 4.39 Å². The quantitative estimate of drug-likeness (QED) is 0.493. The second-order valence-electron chi connectivity index (χ2n) is 4.87. The Morgan fingerprint density at radius 1 is 1.55 bits per heavy atom. The molecule has 0 spiro atoms. The van der Waals surface area contributed by atoms with E-state index in [0.717, 1.165) is 12.8 Å². The number of nitrogens with one attached hydrogen (secondary N) is 1. The van der Waals surface area contributed by atoms with Crippen molar-refractivity contribution in [3.8, 4) is 5.75 Å². The Kier molecular flexibility index (Phi) is 4.22. The Hall–Kier alpha value is -2.11. The molecule has 2 N–H and O–H groups in total. The molecule has 1 atom stereocenters. The average Bonchev–Trinajstić information content (AvgIpc) is 3.23. The Bertz CT molecular complexity index is 541. The third-order valence-corrected chi connectivity index (χ3v) is 3.08. The average molecular weight is 280 g/mol. The van der Waals surface area contributed by atoms with Crippen molar-refractivity contribution in [2.45, 2.75) is 38.8 Å². The van der Waals surface area contributed by atoms with Gasteiger partial charge in [-0.3, -0.25) is 4.79 Å². The molecule has 1 amide bonds. The van der Waals surface area contributed by atoms with Gasteiger partial charge in [-0.1, -0.05) is 5.16 Å². The number of benzene rings is 1. The highest BCUT2D eigenvalue weighted by molar-refractivity contribution is 6.00. The van der Waals surface area contributed by atoms with Crippen LogP contribution in [0.5, 0.6) is 5.75 Å². The third kappa shape index (κ3) is 3.46. The molecule has 0 radical (unpaired) electrons. The van der Waals surface area contributed by atoms with Crippen LogP contribution >= 0.6 is 0 Å². The van der Waals surface area contributed by atoms with Crippen molar-refractivity contribution in [2.75, 3.05) is 0 Å². The van der Waals surface area contributed by atoms with E-state index < -0.39 is 11.9 Å².